The van der Waals surface area contributed by atoms with Gasteiger partial charge in [-0.1, -0.05) is 29.8 Å². The first kappa shape index (κ1) is 18.1. The van der Waals surface area contributed by atoms with Crippen molar-refractivity contribution >= 4 is 35.0 Å². The van der Waals surface area contributed by atoms with Crippen molar-refractivity contribution in [1.29, 1.82) is 0 Å². The molecule has 0 saturated carbocycles. The summed E-state index contributed by atoms with van der Waals surface area (Å²) in [5, 5.41) is 13.5. The molecule has 0 unspecified atom stereocenters. The van der Waals surface area contributed by atoms with Gasteiger partial charge in [0.1, 0.15) is 5.75 Å². The lowest BCUT2D eigenvalue weighted by Gasteiger charge is -2.08. The van der Waals surface area contributed by atoms with E-state index in [0.29, 0.717) is 6.54 Å². The molecule has 0 aliphatic carbocycles. The molecule has 0 saturated heterocycles. The summed E-state index contributed by atoms with van der Waals surface area (Å²) >= 11 is 7.53. The number of nitro benzene ring substituents is 1. The molecule has 1 N–H and O–H groups in total. The molecule has 0 fully saturated rings. The summed E-state index contributed by atoms with van der Waals surface area (Å²) in [6, 6.07) is 13.7. The van der Waals surface area contributed by atoms with Crippen LogP contribution in [0.5, 0.6) is 5.75 Å². The molecule has 0 bridgehead atoms. The summed E-state index contributed by atoms with van der Waals surface area (Å²) in [5.41, 5.74) is -0.130. The fourth-order valence-corrected chi connectivity index (χ4v) is 2.81. The number of nitro groups is 1. The third kappa shape index (κ3) is 5.75. The molecule has 0 heterocycles. The molecule has 1 amide bonds. The highest BCUT2D eigenvalue weighted by Gasteiger charge is 2.11. The minimum absolute atomic E-state index is 0.0941. The Labute approximate surface area is 148 Å². The average Bonchev–Trinajstić information content (AvgIpc) is 2.58. The maximum atomic E-state index is 11.7. The SMILES string of the molecule is O=C(COc1ccc([N+](=O)[O-])cc1Cl)NCCSc1ccccc1. The Balaban J connectivity index is 1.70. The third-order valence-corrected chi connectivity index (χ3v) is 4.23. The topological polar surface area (TPSA) is 81.5 Å². The fraction of sp³-hybridized carbons (Fsp3) is 0.188. The van der Waals surface area contributed by atoms with Gasteiger partial charge >= 0.3 is 0 Å². The number of halogens is 1. The maximum Gasteiger partial charge on any atom is 0.271 e. The van der Waals surface area contributed by atoms with E-state index in [-0.39, 0.29) is 29.0 Å². The zero-order chi connectivity index (χ0) is 17.4. The highest BCUT2D eigenvalue weighted by Crippen LogP contribution is 2.28. The van der Waals surface area contributed by atoms with Crippen molar-refractivity contribution in [1.82, 2.24) is 5.32 Å². The third-order valence-electron chi connectivity index (χ3n) is 2.92. The molecule has 0 spiro atoms. The minimum atomic E-state index is -0.549. The number of rotatable bonds is 8. The second-order valence-electron chi connectivity index (χ2n) is 4.67. The zero-order valence-corrected chi connectivity index (χ0v) is 14.2. The number of thioether (sulfide) groups is 1. The Bertz CT molecular complexity index is 712. The van der Waals surface area contributed by atoms with Crippen molar-refractivity contribution in [2.24, 2.45) is 0 Å². The van der Waals surface area contributed by atoms with Gasteiger partial charge in [0, 0.05) is 29.3 Å². The highest BCUT2D eigenvalue weighted by molar-refractivity contribution is 7.99. The lowest BCUT2D eigenvalue weighted by atomic mass is 10.3. The number of hydrogen-bond acceptors (Lipinski definition) is 5. The summed E-state index contributed by atoms with van der Waals surface area (Å²) < 4.78 is 5.28. The molecule has 0 atom stereocenters. The Morgan fingerprint density at radius 1 is 1.25 bits per heavy atom. The quantitative estimate of drug-likeness (QED) is 0.334. The number of amides is 1. The molecule has 0 aromatic heterocycles. The van der Waals surface area contributed by atoms with Crippen molar-refractivity contribution < 1.29 is 14.5 Å². The molecule has 2 rings (SSSR count). The lowest BCUT2D eigenvalue weighted by molar-refractivity contribution is -0.384. The second-order valence-corrected chi connectivity index (χ2v) is 6.25. The molecular formula is C16H15ClN2O4S. The highest BCUT2D eigenvalue weighted by atomic mass is 35.5. The molecule has 6 nitrogen and oxygen atoms in total. The molecule has 0 radical (unpaired) electrons. The van der Waals surface area contributed by atoms with Gasteiger partial charge in [-0.2, -0.15) is 0 Å². The van der Waals surface area contributed by atoms with Gasteiger partial charge < -0.3 is 10.1 Å². The molecule has 0 aliphatic heterocycles. The van der Waals surface area contributed by atoms with E-state index in [0.717, 1.165) is 10.6 Å². The number of nitrogens with zero attached hydrogens (tertiary/aromatic N) is 1. The van der Waals surface area contributed by atoms with Crippen molar-refractivity contribution in [2.75, 3.05) is 18.9 Å². The summed E-state index contributed by atoms with van der Waals surface area (Å²) in [6.07, 6.45) is 0. The van der Waals surface area contributed by atoms with Crippen LogP contribution in [0.4, 0.5) is 5.69 Å². The van der Waals surface area contributed by atoms with Gasteiger partial charge in [-0.3, -0.25) is 14.9 Å². The maximum absolute atomic E-state index is 11.7. The molecule has 126 valence electrons. The van der Waals surface area contributed by atoms with Crippen LogP contribution in [0.15, 0.2) is 53.4 Å². The van der Waals surface area contributed by atoms with Gasteiger partial charge in [0.05, 0.1) is 9.95 Å². The molecule has 2 aromatic rings. The Morgan fingerprint density at radius 3 is 2.67 bits per heavy atom. The van der Waals surface area contributed by atoms with Crippen molar-refractivity contribution in [3.05, 3.63) is 63.7 Å². The number of non-ortho nitro benzene ring substituents is 1. The number of carbonyl (C=O) groups is 1. The van der Waals surface area contributed by atoms with Crippen LogP contribution in [-0.2, 0) is 4.79 Å². The van der Waals surface area contributed by atoms with E-state index >= 15 is 0 Å². The molecule has 0 aliphatic rings. The molecule has 2 aromatic carbocycles. The number of carbonyl (C=O) groups excluding carboxylic acids is 1. The van der Waals surface area contributed by atoms with Crippen LogP contribution in [0.3, 0.4) is 0 Å². The van der Waals surface area contributed by atoms with Crippen molar-refractivity contribution in [3.8, 4) is 5.75 Å². The van der Waals surface area contributed by atoms with Crippen LogP contribution >= 0.6 is 23.4 Å². The summed E-state index contributed by atoms with van der Waals surface area (Å²) in [6.45, 7) is 0.309. The van der Waals surface area contributed by atoms with Crippen LogP contribution in [0.1, 0.15) is 0 Å². The van der Waals surface area contributed by atoms with E-state index in [1.54, 1.807) is 11.8 Å². The largest absolute Gasteiger partial charge is 0.482 e. The van der Waals surface area contributed by atoms with E-state index in [2.05, 4.69) is 5.32 Å². The minimum Gasteiger partial charge on any atom is -0.482 e. The van der Waals surface area contributed by atoms with Gasteiger partial charge in [0.2, 0.25) is 0 Å². The number of ether oxygens (including phenoxy) is 1. The van der Waals surface area contributed by atoms with Gasteiger partial charge in [-0.15, -0.1) is 11.8 Å². The summed E-state index contributed by atoms with van der Waals surface area (Å²) in [5.74, 6) is 0.697. The van der Waals surface area contributed by atoms with Gasteiger partial charge in [-0.25, -0.2) is 0 Å². The first-order valence-electron chi connectivity index (χ1n) is 7.07. The number of benzene rings is 2. The summed E-state index contributed by atoms with van der Waals surface area (Å²) in [7, 11) is 0. The predicted molar refractivity (Wildman–Crippen MR) is 93.8 cm³/mol. The first-order chi connectivity index (χ1) is 11.6. The standard InChI is InChI=1S/C16H15ClN2O4S/c17-14-10-12(19(21)22)6-7-15(14)23-11-16(20)18-8-9-24-13-4-2-1-3-5-13/h1-7,10H,8-9,11H2,(H,18,20). The Hall–Kier alpha value is -2.25. The number of hydrogen-bond donors (Lipinski definition) is 1. The first-order valence-corrected chi connectivity index (χ1v) is 8.44. The van der Waals surface area contributed by atoms with Crippen molar-refractivity contribution in [3.63, 3.8) is 0 Å². The Morgan fingerprint density at radius 2 is 2.00 bits per heavy atom. The van der Waals surface area contributed by atoms with E-state index in [9.17, 15) is 14.9 Å². The molecule has 24 heavy (non-hydrogen) atoms. The van der Waals surface area contributed by atoms with E-state index in [4.69, 9.17) is 16.3 Å². The van der Waals surface area contributed by atoms with Crippen LogP contribution < -0.4 is 10.1 Å². The molecule has 8 heteroatoms. The average molecular weight is 367 g/mol. The predicted octanol–water partition coefficient (Wildman–Crippen LogP) is 3.54. The van der Waals surface area contributed by atoms with Gasteiger partial charge in [-0.05, 0) is 18.2 Å². The van der Waals surface area contributed by atoms with Gasteiger partial charge in [0.25, 0.3) is 11.6 Å². The Kier molecular flexibility index (Phi) is 6.89. The van der Waals surface area contributed by atoms with Crippen LogP contribution in [0.25, 0.3) is 0 Å². The molecular weight excluding hydrogens is 352 g/mol. The van der Waals surface area contributed by atoms with Crippen molar-refractivity contribution in [2.45, 2.75) is 4.90 Å². The monoisotopic (exact) mass is 366 g/mol. The smallest absolute Gasteiger partial charge is 0.271 e. The van der Waals surface area contributed by atoms with E-state index in [1.165, 1.54) is 18.2 Å². The normalized spacial score (nSPS) is 10.2. The van der Waals surface area contributed by atoms with Gasteiger partial charge in [0.15, 0.2) is 6.61 Å². The van der Waals surface area contributed by atoms with E-state index in [1.807, 2.05) is 30.3 Å². The zero-order valence-electron chi connectivity index (χ0n) is 12.6. The van der Waals surface area contributed by atoms with E-state index < -0.39 is 4.92 Å². The summed E-state index contributed by atoms with van der Waals surface area (Å²) in [4.78, 5) is 22.9. The second kappa shape index (κ2) is 9.14. The number of nitrogens with one attached hydrogen (secondary N) is 1. The van der Waals surface area contributed by atoms with Crippen LogP contribution in [0, 0.1) is 10.1 Å². The van der Waals surface area contributed by atoms with Crippen LogP contribution in [0.2, 0.25) is 5.02 Å². The lowest BCUT2D eigenvalue weighted by Crippen LogP contribution is -2.30. The van der Waals surface area contributed by atoms with Crippen LogP contribution in [-0.4, -0.2) is 29.7 Å². The fourth-order valence-electron chi connectivity index (χ4n) is 1.79.